The molecule has 0 N–H and O–H groups in total. The summed E-state index contributed by atoms with van der Waals surface area (Å²) in [5.41, 5.74) is 1.87. The van der Waals surface area contributed by atoms with Crippen LogP contribution in [0.2, 0.25) is 0 Å². The highest BCUT2D eigenvalue weighted by Crippen LogP contribution is 2.30. The summed E-state index contributed by atoms with van der Waals surface area (Å²) in [5.74, 6) is 0.748. The van der Waals surface area contributed by atoms with Gasteiger partial charge in [0.15, 0.2) is 5.65 Å². The molecule has 4 nitrogen and oxygen atoms in total. The molecule has 118 valence electrons. The number of pyridine rings is 1. The number of fused-ring (bicyclic) bond motifs is 1. The first-order chi connectivity index (χ1) is 11.3. The molecule has 0 saturated carbocycles. The van der Waals surface area contributed by atoms with Crippen LogP contribution in [0.4, 0.5) is 4.39 Å². The number of benzene rings is 1. The SMILES string of the molecule is FC1CCN(Cc2ccc(Oc3nc4ncccc4s3)cc2)C1. The Kier molecular flexibility index (Phi) is 3.93. The first-order valence-corrected chi connectivity index (χ1v) is 8.43. The molecule has 1 aromatic carbocycles. The van der Waals surface area contributed by atoms with E-state index in [1.807, 2.05) is 36.4 Å². The summed E-state index contributed by atoms with van der Waals surface area (Å²) in [6.45, 7) is 2.15. The Morgan fingerprint density at radius 2 is 2.13 bits per heavy atom. The van der Waals surface area contributed by atoms with Gasteiger partial charge in [0, 0.05) is 25.8 Å². The molecule has 0 aliphatic carbocycles. The number of aromatic nitrogens is 2. The van der Waals surface area contributed by atoms with Crippen molar-refractivity contribution in [2.75, 3.05) is 13.1 Å². The third-order valence-electron chi connectivity index (χ3n) is 3.89. The highest BCUT2D eigenvalue weighted by Gasteiger charge is 2.21. The minimum atomic E-state index is -0.676. The largest absolute Gasteiger partial charge is 0.431 e. The third-order valence-corrected chi connectivity index (χ3v) is 4.78. The lowest BCUT2D eigenvalue weighted by atomic mass is 10.2. The normalized spacial score (nSPS) is 18.6. The van der Waals surface area contributed by atoms with Crippen LogP contribution < -0.4 is 4.74 Å². The van der Waals surface area contributed by atoms with Crippen LogP contribution in [-0.4, -0.2) is 34.1 Å². The summed E-state index contributed by atoms with van der Waals surface area (Å²) in [6, 6.07) is 11.8. The van der Waals surface area contributed by atoms with E-state index >= 15 is 0 Å². The Morgan fingerprint density at radius 1 is 1.26 bits per heavy atom. The van der Waals surface area contributed by atoms with Crippen LogP contribution in [0.5, 0.6) is 10.9 Å². The molecule has 4 rings (SSSR count). The zero-order valence-electron chi connectivity index (χ0n) is 12.5. The highest BCUT2D eigenvalue weighted by molar-refractivity contribution is 7.20. The zero-order chi connectivity index (χ0) is 15.6. The smallest absolute Gasteiger partial charge is 0.281 e. The molecule has 1 saturated heterocycles. The van der Waals surface area contributed by atoms with Gasteiger partial charge in [-0.1, -0.05) is 23.5 Å². The van der Waals surface area contributed by atoms with E-state index in [4.69, 9.17) is 4.74 Å². The van der Waals surface area contributed by atoms with Gasteiger partial charge in [-0.15, -0.1) is 0 Å². The first kappa shape index (κ1) is 14.5. The minimum absolute atomic E-state index is 0.539. The first-order valence-electron chi connectivity index (χ1n) is 7.61. The number of likely N-dealkylation sites (tertiary alicyclic amines) is 1. The molecule has 0 radical (unpaired) electrons. The van der Waals surface area contributed by atoms with Gasteiger partial charge >= 0.3 is 0 Å². The maximum Gasteiger partial charge on any atom is 0.281 e. The number of ether oxygens (including phenoxy) is 1. The number of thiazole rings is 1. The third kappa shape index (κ3) is 3.33. The molecule has 0 spiro atoms. The second-order valence-corrected chi connectivity index (χ2v) is 6.67. The van der Waals surface area contributed by atoms with E-state index in [1.165, 1.54) is 11.3 Å². The summed E-state index contributed by atoms with van der Waals surface area (Å²) >= 11 is 1.48. The van der Waals surface area contributed by atoms with Gasteiger partial charge < -0.3 is 4.74 Å². The highest BCUT2D eigenvalue weighted by atomic mass is 32.1. The summed E-state index contributed by atoms with van der Waals surface area (Å²) < 4.78 is 20.0. The molecule has 1 aliphatic heterocycles. The fourth-order valence-electron chi connectivity index (χ4n) is 2.74. The van der Waals surface area contributed by atoms with Crippen molar-refractivity contribution in [2.45, 2.75) is 19.1 Å². The van der Waals surface area contributed by atoms with E-state index in [0.717, 1.165) is 29.1 Å². The lowest BCUT2D eigenvalue weighted by Crippen LogP contribution is -2.20. The van der Waals surface area contributed by atoms with Crippen molar-refractivity contribution < 1.29 is 9.13 Å². The average Bonchev–Trinajstić information content (AvgIpc) is 3.14. The van der Waals surface area contributed by atoms with E-state index in [-0.39, 0.29) is 0 Å². The molecule has 23 heavy (non-hydrogen) atoms. The summed E-state index contributed by atoms with van der Waals surface area (Å²) in [5, 5.41) is 0.589. The zero-order valence-corrected chi connectivity index (χ0v) is 13.3. The van der Waals surface area contributed by atoms with Gasteiger partial charge in [-0.05, 0) is 36.2 Å². The van der Waals surface area contributed by atoms with Gasteiger partial charge in [0.25, 0.3) is 5.19 Å². The van der Waals surface area contributed by atoms with E-state index in [2.05, 4.69) is 14.9 Å². The number of hydrogen-bond donors (Lipinski definition) is 0. The summed E-state index contributed by atoms with van der Waals surface area (Å²) in [7, 11) is 0. The van der Waals surface area contributed by atoms with E-state index in [1.54, 1.807) is 6.20 Å². The van der Waals surface area contributed by atoms with Crippen molar-refractivity contribution in [3.8, 4) is 10.9 Å². The van der Waals surface area contributed by atoms with Gasteiger partial charge in [-0.25, -0.2) is 9.37 Å². The molecule has 0 amide bonds. The topological polar surface area (TPSA) is 38.2 Å². The predicted octanol–water partition coefficient (Wildman–Crippen LogP) is 4.03. The number of hydrogen-bond acceptors (Lipinski definition) is 5. The van der Waals surface area contributed by atoms with Gasteiger partial charge in [0.1, 0.15) is 11.9 Å². The molecule has 3 heterocycles. The van der Waals surface area contributed by atoms with Crippen molar-refractivity contribution in [1.29, 1.82) is 0 Å². The number of rotatable bonds is 4. The average molecular weight is 329 g/mol. The maximum absolute atomic E-state index is 13.2. The molecular weight excluding hydrogens is 313 g/mol. The molecule has 2 aromatic heterocycles. The van der Waals surface area contributed by atoms with Gasteiger partial charge in [-0.3, -0.25) is 4.90 Å². The molecule has 1 unspecified atom stereocenters. The number of nitrogens with zero attached hydrogens (tertiary/aromatic N) is 3. The van der Waals surface area contributed by atoms with E-state index in [0.29, 0.717) is 23.8 Å². The van der Waals surface area contributed by atoms with Crippen LogP contribution in [0.1, 0.15) is 12.0 Å². The Morgan fingerprint density at radius 3 is 2.87 bits per heavy atom. The fourth-order valence-corrected chi connectivity index (χ4v) is 3.54. The van der Waals surface area contributed by atoms with Crippen molar-refractivity contribution in [3.05, 3.63) is 48.2 Å². The van der Waals surface area contributed by atoms with Crippen LogP contribution in [0, 0.1) is 0 Å². The van der Waals surface area contributed by atoms with Gasteiger partial charge in [-0.2, -0.15) is 4.98 Å². The van der Waals surface area contributed by atoms with Crippen LogP contribution in [0.3, 0.4) is 0 Å². The van der Waals surface area contributed by atoms with Gasteiger partial charge in [0.05, 0.1) is 4.70 Å². The monoisotopic (exact) mass is 329 g/mol. The fraction of sp³-hybridized carbons (Fsp3) is 0.294. The molecule has 1 atom stereocenters. The quantitative estimate of drug-likeness (QED) is 0.724. The standard InChI is InChI=1S/C17H16FN3OS/c18-13-7-9-21(11-13)10-12-3-5-14(6-4-12)22-17-20-16-15(23-17)2-1-8-19-16/h1-6,8,13H,7,9-11H2. The maximum atomic E-state index is 13.2. The van der Waals surface area contributed by atoms with Crippen molar-refractivity contribution in [2.24, 2.45) is 0 Å². The van der Waals surface area contributed by atoms with E-state index < -0.39 is 6.17 Å². The Bertz CT molecular complexity index is 772. The lowest BCUT2D eigenvalue weighted by molar-refractivity contribution is 0.282. The molecular formula is C17H16FN3OS. The Labute approximate surface area is 137 Å². The second kappa shape index (κ2) is 6.22. The van der Waals surface area contributed by atoms with E-state index in [9.17, 15) is 4.39 Å². The predicted molar refractivity (Wildman–Crippen MR) is 88.7 cm³/mol. The summed E-state index contributed by atoms with van der Waals surface area (Å²) in [6.07, 6.45) is 1.69. The van der Waals surface area contributed by atoms with Crippen LogP contribution >= 0.6 is 11.3 Å². The van der Waals surface area contributed by atoms with Crippen LogP contribution in [-0.2, 0) is 6.54 Å². The minimum Gasteiger partial charge on any atom is -0.431 e. The molecule has 0 bridgehead atoms. The molecule has 1 aliphatic rings. The second-order valence-electron chi connectivity index (χ2n) is 5.67. The van der Waals surface area contributed by atoms with Crippen LogP contribution in [0.15, 0.2) is 42.6 Å². The number of halogens is 1. The van der Waals surface area contributed by atoms with Crippen LogP contribution in [0.25, 0.3) is 10.3 Å². The Hall–Kier alpha value is -2.05. The molecule has 3 aromatic rings. The van der Waals surface area contributed by atoms with Gasteiger partial charge in [0.2, 0.25) is 0 Å². The van der Waals surface area contributed by atoms with Crippen molar-refractivity contribution >= 4 is 21.7 Å². The lowest BCUT2D eigenvalue weighted by Gasteiger charge is -2.14. The van der Waals surface area contributed by atoms with Crippen molar-refractivity contribution in [3.63, 3.8) is 0 Å². The molecule has 1 fully saturated rings. The number of alkyl halides is 1. The molecule has 6 heteroatoms. The Balaban J connectivity index is 1.43. The van der Waals surface area contributed by atoms with Crippen molar-refractivity contribution in [1.82, 2.24) is 14.9 Å². The summed E-state index contributed by atoms with van der Waals surface area (Å²) in [4.78, 5) is 10.7.